The van der Waals surface area contributed by atoms with Crippen molar-refractivity contribution in [1.29, 1.82) is 0 Å². The molecule has 3 aromatic rings. The number of aromatic amines is 1. The van der Waals surface area contributed by atoms with Gasteiger partial charge >= 0.3 is 5.69 Å². The Bertz CT molecular complexity index is 1120. The number of carbonyl (C=O) groups excluding carboxylic acids is 1. The van der Waals surface area contributed by atoms with Gasteiger partial charge in [0.1, 0.15) is 12.3 Å². The van der Waals surface area contributed by atoms with Crippen molar-refractivity contribution in [1.82, 2.24) is 15.4 Å². The molecule has 1 aromatic heterocycles. The van der Waals surface area contributed by atoms with Crippen LogP contribution in [0.25, 0.3) is 0 Å². The van der Waals surface area contributed by atoms with Crippen LogP contribution in [0.5, 0.6) is 11.5 Å². The van der Waals surface area contributed by atoms with Crippen molar-refractivity contribution < 1.29 is 14.3 Å². The first-order valence-corrected chi connectivity index (χ1v) is 9.22. The molecule has 8 heteroatoms. The molecular weight excluding hydrogens is 384 g/mol. The number of aromatic nitrogens is 2. The number of amides is 1. The quantitative estimate of drug-likeness (QED) is 0.464. The predicted molar refractivity (Wildman–Crippen MR) is 113 cm³/mol. The van der Waals surface area contributed by atoms with Crippen LogP contribution in [0.15, 0.2) is 58.4 Å². The van der Waals surface area contributed by atoms with Gasteiger partial charge in [0.15, 0.2) is 11.5 Å². The number of ether oxygens (including phenoxy) is 2. The highest BCUT2D eigenvalue weighted by Crippen LogP contribution is 2.28. The summed E-state index contributed by atoms with van der Waals surface area (Å²) in [5, 5.41) is 3.91. The predicted octanol–water partition coefficient (Wildman–Crippen LogP) is 2.74. The highest BCUT2D eigenvalue weighted by Gasteiger charge is 2.08. The number of hydrogen-bond acceptors (Lipinski definition) is 6. The molecule has 0 fully saturated rings. The van der Waals surface area contributed by atoms with Gasteiger partial charge in [0.25, 0.3) is 5.91 Å². The molecule has 2 aromatic carbocycles. The third kappa shape index (κ3) is 5.54. The Morgan fingerprint density at radius 1 is 1.13 bits per heavy atom. The summed E-state index contributed by atoms with van der Waals surface area (Å²) in [6.07, 6.45) is 1.46. The van der Waals surface area contributed by atoms with E-state index in [1.54, 1.807) is 32.2 Å². The van der Waals surface area contributed by atoms with Crippen molar-refractivity contribution in [2.75, 3.05) is 7.11 Å². The smallest absolute Gasteiger partial charge is 0.345 e. The molecule has 0 atom stereocenters. The number of hydrogen-bond donors (Lipinski definition) is 2. The standard InChI is InChI=1S/C22H22N4O4/c1-14-4-6-16(7-5-14)13-30-19-9-8-17(11-20(19)29-3)12-23-26-21(27)18-10-15(2)24-22(28)25-18/h4-12H,13H2,1-3H3,(H,26,27)(H,24,25,28)/b23-12+. The van der Waals surface area contributed by atoms with Gasteiger partial charge in [-0.3, -0.25) is 4.79 Å². The summed E-state index contributed by atoms with van der Waals surface area (Å²) in [7, 11) is 1.55. The second kappa shape index (κ2) is 9.51. The van der Waals surface area contributed by atoms with E-state index in [-0.39, 0.29) is 5.69 Å². The summed E-state index contributed by atoms with van der Waals surface area (Å²) < 4.78 is 11.2. The van der Waals surface area contributed by atoms with Crippen molar-refractivity contribution in [2.24, 2.45) is 5.10 Å². The van der Waals surface area contributed by atoms with E-state index in [4.69, 9.17) is 9.47 Å². The second-order valence-corrected chi connectivity index (χ2v) is 6.64. The molecule has 2 N–H and O–H groups in total. The zero-order chi connectivity index (χ0) is 21.5. The van der Waals surface area contributed by atoms with Crippen LogP contribution in [0.3, 0.4) is 0 Å². The molecule has 0 radical (unpaired) electrons. The van der Waals surface area contributed by atoms with Crippen LogP contribution in [0.1, 0.15) is 32.9 Å². The Balaban J connectivity index is 1.64. The van der Waals surface area contributed by atoms with E-state index < -0.39 is 11.6 Å². The topological polar surface area (TPSA) is 106 Å². The lowest BCUT2D eigenvalue weighted by Crippen LogP contribution is -2.24. The minimum Gasteiger partial charge on any atom is -0.493 e. The number of H-pyrrole nitrogens is 1. The SMILES string of the molecule is COc1cc(/C=N/NC(=O)c2cc(C)[nH]c(=O)n2)ccc1OCc1ccc(C)cc1. The van der Waals surface area contributed by atoms with Gasteiger partial charge in [-0.1, -0.05) is 29.8 Å². The lowest BCUT2D eigenvalue weighted by Gasteiger charge is -2.11. The van der Waals surface area contributed by atoms with E-state index in [0.29, 0.717) is 29.4 Å². The number of benzene rings is 2. The fraction of sp³-hybridized carbons (Fsp3) is 0.182. The first-order chi connectivity index (χ1) is 14.4. The molecule has 3 rings (SSSR count). The van der Waals surface area contributed by atoms with E-state index in [1.807, 2.05) is 31.2 Å². The highest BCUT2D eigenvalue weighted by atomic mass is 16.5. The first kappa shape index (κ1) is 20.8. The summed E-state index contributed by atoms with van der Waals surface area (Å²) in [5.74, 6) is 0.567. The van der Waals surface area contributed by atoms with E-state index in [0.717, 1.165) is 5.56 Å². The van der Waals surface area contributed by atoms with E-state index >= 15 is 0 Å². The second-order valence-electron chi connectivity index (χ2n) is 6.64. The Labute approximate surface area is 173 Å². The van der Waals surface area contributed by atoms with Crippen LogP contribution in [0, 0.1) is 13.8 Å². The third-order valence-electron chi connectivity index (χ3n) is 4.19. The van der Waals surface area contributed by atoms with E-state index in [1.165, 1.54) is 17.8 Å². The van der Waals surface area contributed by atoms with Gasteiger partial charge in [0.05, 0.1) is 13.3 Å². The van der Waals surface area contributed by atoms with Crippen LogP contribution >= 0.6 is 0 Å². The Morgan fingerprint density at radius 2 is 1.90 bits per heavy atom. The molecule has 1 heterocycles. The number of rotatable bonds is 7. The number of nitrogens with zero attached hydrogens (tertiary/aromatic N) is 2. The molecule has 0 aliphatic heterocycles. The van der Waals surface area contributed by atoms with Gasteiger partial charge in [-0.2, -0.15) is 10.1 Å². The molecule has 0 saturated heterocycles. The molecule has 8 nitrogen and oxygen atoms in total. The number of methoxy groups -OCH3 is 1. The lowest BCUT2D eigenvalue weighted by atomic mass is 10.2. The van der Waals surface area contributed by atoms with Gasteiger partial charge in [0, 0.05) is 5.69 Å². The van der Waals surface area contributed by atoms with Gasteiger partial charge in [0.2, 0.25) is 0 Å². The van der Waals surface area contributed by atoms with Crippen LogP contribution < -0.4 is 20.6 Å². The van der Waals surface area contributed by atoms with Gasteiger partial charge in [-0.25, -0.2) is 10.2 Å². The van der Waals surface area contributed by atoms with Crippen LogP contribution in [-0.4, -0.2) is 29.2 Å². The molecule has 0 saturated carbocycles. The van der Waals surface area contributed by atoms with Crippen molar-refractivity contribution >= 4 is 12.1 Å². The summed E-state index contributed by atoms with van der Waals surface area (Å²) in [6, 6.07) is 14.9. The van der Waals surface area contributed by atoms with Crippen LogP contribution in [0.4, 0.5) is 0 Å². The number of aryl methyl sites for hydroxylation is 2. The summed E-state index contributed by atoms with van der Waals surface area (Å²) in [4.78, 5) is 29.5. The maximum Gasteiger partial charge on any atom is 0.345 e. The molecule has 154 valence electrons. The fourth-order valence-electron chi connectivity index (χ4n) is 2.65. The van der Waals surface area contributed by atoms with Gasteiger partial charge in [-0.05, 0) is 49.2 Å². The molecule has 0 bridgehead atoms. The molecule has 30 heavy (non-hydrogen) atoms. The minimum atomic E-state index is -0.588. The largest absolute Gasteiger partial charge is 0.493 e. The van der Waals surface area contributed by atoms with Crippen molar-refractivity contribution in [2.45, 2.75) is 20.5 Å². The van der Waals surface area contributed by atoms with Crippen molar-refractivity contribution in [3.63, 3.8) is 0 Å². The Kier molecular flexibility index (Phi) is 6.59. The Morgan fingerprint density at radius 3 is 2.60 bits per heavy atom. The number of nitrogens with one attached hydrogen (secondary N) is 2. The van der Waals surface area contributed by atoms with Crippen LogP contribution in [-0.2, 0) is 6.61 Å². The number of carbonyl (C=O) groups is 1. The van der Waals surface area contributed by atoms with Crippen LogP contribution in [0.2, 0.25) is 0 Å². The maximum absolute atomic E-state index is 12.1. The average molecular weight is 406 g/mol. The molecule has 0 aliphatic rings. The van der Waals surface area contributed by atoms with Gasteiger partial charge in [-0.15, -0.1) is 0 Å². The fourth-order valence-corrected chi connectivity index (χ4v) is 2.65. The lowest BCUT2D eigenvalue weighted by molar-refractivity contribution is 0.0949. The molecule has 1 amide bonds. The Hall–Kier alpha value is -3.94. The van der Waals surface area contributed by atoms with E-state index in [2.05, 4.69) is 20.5 Å². The highest BCUT2D eigenvalue weighted by molar-refractivity contribution is 5.93. The zero-order valence-electron chi connectivity index (χ0n) is 16.9. The number of hydrazone groups is 1. The van der Waals surface area contributed by atoms with Crippen molar-refractivity contribution in [3.05, 3.63) is 87.1 Å². The molecule has 0 unspecified atom stereocenters. The minimum absolute atomic E-state index is 0.00849. The first-order valence-electron chi connectivity index (χ1n) is 9.22. The third-order valence-corrected chi connectivity index (χ3v) is 4.19. The molecule has 0 spiro atoms. The summed E-state index contributed by atoms with van der Waals surface area (Å²) in [5.41, 5.74) is 5.23. The zero-order valence-corrected chi connectivity index (χ0v) is 16.9. The average Bonchev–Trinajstić information content (AvgIpc) is 2.73. The van der Waals surface area contributed by atoms with Crippen molar-refractivity contribution in [3.8, 4) is 11.5 Å². The maximum atomic E-state index is 12.1. The molecule has 0 aliphatic carbocycles. The molecular formula is C22H22N4O4. The summed E-state index contributed by atoms with van der Waals surface area (Å²) >= 11 is 0. The van der Waals surface area contributed by atoms with Gasteiger partial charge < -0.3 is 14.5 Å². The monoisotopic (exact) mass is 406 g/mol. The summed E-state index contributed by atoms with van der Waals surface area (Å²) in [6.45, 7) is 4.12. The van der Waals surface area contributed by atoms with E-state index in [9.17, 15) is 9.59 Å². The normalized spacial score (nSPS) is 10.8.